The van der Waals surface area contributed by atoms with Gasteiger partial charge in [0, 0.05) is 0 Å². The molecule has 0 radical (unpaired) electrons. The van der Waals surface area contributed by atoms with Crippen LogP contribution in [0.3, 0.4) is 0 Å². The molecule has 1 fully saturated rings. The second kappa shape index (κ2) is 4.18. The Kier molecular flexibility index (Phi) is 3.04. The molecular formula is C12H17NO2S. The molecule has 1 heterocycles. The Bertz CT molecular complexity index is 488. The van der Waals surface area contributed by atoms with E-state index in [9.17, 15) is 8.42 Å². The minimum atomic E-state index is -3.20. The molecule has 88 valence electrons. The highest BCUT2D eigenvalue weighted by atomic mass is 32.2. The molecular weight excluding hydrogens is 222 g/mol. The summed E-state index contributed by atoms with van der Waals surface area (Å²) in [5.74, 6) is 0. The van der Waals surface area contributed by atoms with Crippen molar-refractivity contribution in [2.45, 2.75) is 37.0 Å². The summed E-state index contributed by atoms with van der Waals surface area (Å²) in [6.45, 7) is 4.57. The van der Waals surface area contributed by atoms with Crippen molar-refractivity contribution in [1.29, 1.82) is 0 Å². The largest absolute Gasteiger partial charge is 0.301 e. The van der Waals surface area contributed by atoms with Crippen LogP contribution in [0.4, 0.5) is 0 Å². The lowest BCUT2D eigenvalue weighted by Gasteiger charge is -2.14. The normalized spacial score (nSPS) is 21.2. The minimum Gasteiger partial charge on any atom is -0.301 e. The Morgan fingerprint density at radius 1 is 1.31 bits per heavy atom. The third kappa shape index (κ3) is 1.99. The van der Waals surface area contributed by atoms with Gasteiger partial charge in [0.2, 0.25) is 0 Å². The van der Waals surface area contributed by atoms with Crippen LogP contribution in [0.2, 0.25) is 0 Å². The molecule has 1 aromatic rings. The van der Waals surface area contributed by atoms with Gasteiger partial charge in [0.25, 0.3) is 0 Å². The average molecular weight is 239 g/mol. The van der Waals surface area contributed by atoms with Gasteiger partial charge < -0.3 is 5.32 Å². The Morgan fingerprint density at radius 2 is 2.06 bits per heavy atom. The number of sulfone groups is 1. The summed E-state index contributed by atoms with van der Waals surface area (Å²) in [7, 11) is -3.20. The van der Waals surface area contributed by atoms with E-state index >= 15 is 0 Å². The van der Waals surface area contributed by atoms with Crippen molar-refractivity contribution in [3.63, 3.8) is 0 Å². The summed E-state index contributed by atoms with van der Waals surface area (Å²) in [5.41, 5.74) is 1.82. The van der Waals surface area contributed by atoms with Gasteiger partial charge in [-0.3, -0.25) is 0 Å². The highest BCUT2D eigenvalue weighted by molar-refractivity contribution is 7.92. The van der Waals surface area contributed by atoms with Crippen LogP contribution in [-0.2, 0) is 9.84 Å². The first-order valence-electron chi connectivity index (χ1n) is 5.56. The van der Waals surface area contributed by atoms with Crippen LogP contribution in [0.5, 0.6) is 0 Å². The van der Waals surface area contributed by atoms with E-state index in [-0.39, 0.29) is 0 Å². The van der Waals surface area contributed by atoms with Crippen molar-refractivity contribution in [2.24, 2.45) is 0 Å². The van der Waals surface area contributed by atoms with Crippen molar-refractivity contribution < 1.29 is 8.42 Å². The fourth-order valence-electron chi connectivity index (χ4n) is 2.08. The molecule has 1 unspecified atom stereocenters. The Morgan fingerprint density at radius 3 is 2.69 bits per heavy atom. The average Bonchev–Trinajstić information content (AvgIpc) is 2.75. The molecule has 1 atom stereocenters. The van der Waals surface area contributed by atoms with E-state index < -0.39 is 15.2 Å². The Hall–Kier alpha value is -0.870. The second-order valence-electron chi connectivity index (χ2n) is 4.40. The summed E-state index contributed by atoms with van der Waals surface area (Å²) in [6, 6.07) is 5.58. The van der Waals surface area contributed by atoms with Crippen molar-refractivity contribution in [2.75, 3.05) is 6.54 Å². The summed E-state index contributed by atoms with van der Waals surface area (Å²) in [5, 5.41) is 2.66. The van der Waals surface area contributed by atoms with E-state index in [1.807, 2.05) is 26.0 Å². The van der Waals surface area contributed by atoms with Crippen LogP contribution < -0.4 is 5.32 Å². The number of benzene rings is 1. The summed E-state index contributed by atoms with van der Waals surface area (Å²) in [6.07, 6.45) is 1.66. The topological polar surface area (TPSA) is 46.2 Å². The lowest BCUT2D eigenvalue weighted by Crippen LogP contribution is -2.31. The molecule has 0 bridgehead atoms. The standard InChI is InChI=1S/C12H17NO2S/c1-9-5-6-10(2)11(8-9)16(14,15)12-4-3-7-13-12/h5-6,8,12-13H,3-4,7H2,1-2H3. The number of rotatable bonds is 2. The summed E-state index contributed by atoms with van der Waals surface area (Å²) < 4.78 is 24.7. The minimum absolute atomic E-state index is 0.395. The van der Waals surface area contributed by atoms with E-state index in [0.717, 1.165) is 30.5 Å². The fourth-order valence-corrected chi connectivity index (χ4v) is 4.07. The van der Waals surface area contributed by atoms with E-state index in [0.29, 0.717) is 4.90 Å². The van der Waals surface area contributed by atoms with Crippen molar-refractivity contribution >= 4 is 9.84 Å². The van der Waals surface area contributed by atoms with Crippen LogP contribution in [-0.4, -0.2) is 20.3 Å². The molecule has 0 amide bonds. The maximum Gasteiger partial charge on any atom is 0.194 e. The maximum atomic E-state index is 12.3. The van der Waals surface area contributed by atoms with Crippen molar-refractivity contribution in [3.8, 4) is 0 Å². The van der Waals surface area contributed by atoms with E-state index in [1.165, 1.54) is 0 Å². The Labute approximate surface area is 96.8 Å². The van der Waals surface area contributed by atoms with Crippen LogP contribution >= 0.6 is 0 Å². The van der Waals surface area contributed by atoms with E-state index in [2.05, 4.69) is 5.32 Å². The monoisotopic (exact) mass is 239 g/mol. The van der Waals surface area contributed by atoms with Gasteiger partial charge in [-0.05, 0) is 50.4 Å². The molecule has 4 heteroatoms. The molecule has 2 rings (SSSR count). The molecule has 0 aromatic heterocycles. The van der Waals surface area contributed by atoms with Gasteiger partial charge in [0.1, 0.15) is 5.37 Å². The zero-order chi connectivity index (χ0) is 11.8. The molecule has 1 aromatic carbocycles. The van der Waals surface area contributed by atoms with Gasteiger partial charge in [-0.2, -0.15) is 0 Å². The van der Waals surface area contributed by atoms with Crippen LogP contribution in [0.1, 0.15) is 24.0 Å². The highest BCUT2D eigenvalue weighted by Gasteiger charge is 2.30. The first-order chi connectivity index (χ1) is 7.51. The number of aryl methyl sites for hydroxylation is 2. The molecule has 0 aliphatic carbocycles. The fraction of sp³-hybridized carbons (Fsp3) is 0.500. The predicted octanol–water partition coefficient (Wildman–Crippen LogP) is 1.79. The molecule has 16 heavy (non-hydrogen) atoms. The third-order valence-corrected chi connectivity index (χ3v) is 5.24. The van der Waals surface area contributed by atoms with Crippen LogP contribution in [0.25, 0.3) is 0 Å². The van der Waals surface area contributed by atoms with Crippen molar-refractivity contribution in [3.05, 3.63) is 29.3 Å². The van der Waals surface area contributed by atoms with Crippen LogP contribution in [0, 0.1) is 13.8 Å². The molecule has 3 nitrogen and oxygen atoms in total. The number of nitrogens with one attached hydrogen (secondary N) is 1. The van der Waals surface area contributed by atoms with Gasteiger partial charge in [-0.25, -0.2) is 8.42 Å². The lowest BCUT2D eigenvalue weighted by molar-refractivity contribution is 0.571. The smallest absolute Gasteiger partial charge is 0.194 e. The van der Waals surface area contributed by atoms with Gasteiger partial charge in [-0.1, -0.05) is 12.1 Å². The zero-order valence-corrected chi connectivity index (χ0v) is 10.5. The lowest BCUT2D eigenvalue weighted by atomic mass is 10.2. The first-order valence-corrected chi connectivity index (χ1v) is 7.11. The summed E-state index contributed by atoms with van der Waals surface area (Å²) in [4.78, 5) is 0.479. The molecule has 1 aliphatic heterocycles. The first kappa shape index (κ1) is 11.6. The molecule has 0 saturated carbocycles. The molecule has 1 N–H and O–H groups in total. The Balaban J connectivity index is 2.46. The molecule has 1 aliphatic rings. The third-order valence-electron chi connectivity index (χ3n) is 3.04. The van der Waals surface area contributed by atoms with E-state index in [4.69, 9.17) is 0 Å². The van der Waals surface area contributed by atoms with Crippen LogP contribution in [0.15, 0.2) is 23.1 Å². The van der Waals surface area contributed by atoms with Gasteiger partial charge >= 0.3 is 0 Å². The SMILES string of the molecule is Cc1ccc(C)c(S(=O)(=O)C2CCCN2)c1. The van der Waals surface area contributed by atoms with Gasteiger partial charge in [0.05, 0.1) is 4.90 Å². The van der Waals surface area contributed by atoms with Crippen molar-refractivity contribution in [1.82, 2.24) is 5.32 Å². The second-order valence-corrected chi connectivity index (χ2v) is 6.50. The predicted molar refractivity (Wildman–Crippen MR) is 64.1 cm³/mol. The maximum absolute atomic E-state index is 12.3. The summed E-state index contributed by atoms with van der Waals surface area (Å²) >= 11 is 0. The number of hydrogen-bond acceptors (Lipinski definition) is 3. The van der Waals surface area contributed by atoms with E-state index in [1.54, 1.807) is 6.07 Å². The highest BCUT2D eigenvalue weighted by Crippen LogP contribution is 2.24. The zero-order valence-electron chi connectivity index (χ0n) is 9.66. The molecule has 1 saturated heterocycles. The molecule has 0 spiro atoms. The number of hydrogen-bond donors (Lipinski definition) is 1. The van der Waals surface area contributed by atoms with Gasteiger partial charge in [0.15, 0.2) is 9.84 Å². The van der Waals surface area contributed by atoms with Gasteiger partial charge in [-0.15, -0.1) is 0 Å². The quantitative estimate of drug-likeness (QED) is 0.856.